The molecule has 1 amide bonds. The van der Waals surface area contributed by atoms with Gasteiger partial charge in [0.2, 0.25) is 5.91 Å². The Morgan fingerprint density at radius 1 is 0.469 bits per heavy atom. The van der Waals surface area contributed by atoms with Crippen molar-refractivity contribution in [1.82, 2.24) is 5.32 Å². The molecule has 11 nitrogen and oxygen atoms in total. The number of hydrogen-bond acceptors (Lipinski definition) is 10. The highest BCUT2D eigenvalue weighted by atomic mass is 16.7. The number of nitrogens with one attached hydrogen (secondary N) is 1. The quantitative estimate of drug-likeness (QED) is 0.0195. The highest BCUT2D eigenvalue weighted by Gasteiger charge is 2.47. The fourth-order valence-electron chi connectivity index (χ4n) is 11.6. The summed E-state index contributed by atoms with van der Waals surface area (Å²) in [6.07, 6.45) is 58.4. The number of unbranched alkanes of at least 4 members (excludes halogenated alkanes) is 48. The fourth-order valence-corrected chi connectivity index (χ4v) is 11.6. The van der Waals surface area contributed by atoms with Crippen LogP contribution in [0.25, 0.3) is 0 Å². The van der Waals surface area contributed by atoms with E-state index in [1.807, 2.05) is 6.08 Å². The summed E-state index contributed by atoms with van der Waals surface area (Å²) in [6.45, 7) is 5.85. The van der Waals surface area contributed by atoms with Crippen LogP contribution in [-0.2, 0) is 23.8 Å². The molecule has 8 unspecified atom stereocenters. The Balaban J connectivity index is 2.54. The third kappa shape index (κ3) is 46.3. The molecule has 1 rings (SSSR count). The van der Waals surface area contributed by atoms with Crippen molar-refractivity contribution >= 4 is 11.9 Å². The molecule has 0 spiro atoms. The van der Waals surface area contributed by atoms with Crippen molar-refractivity contribution in [2.45, 2.75) is 410 Å². The standard InChI is InChI=1S/C70H135NO10/c1-4-7-10-13-16-19-22-24-26-28-29-30-31-32-33-34-36-37-39-42-45-48-51-54-57-63(74)69(78)71-61(62(73)56-53-50-47-44-41-21-18-15-12-9-6-3)60-79-70-68(67(77)66(76)64(59-72)80-70)81-65(75)58-55-52-49-46-43-40-38-35-27-25-23-20-17-14-11-8-5-2/h53,56,61-64,66-68,70,72-74,76-77H,4-52,54-55,57-60H2,1-3H3,(H,71,78)/b56-53+. The van der Waals surface area contributed by atoms with Crippen LogP contribution in [0.5, 0.6) is 0 Å². The first-order chi connectivity index (χ1) is 39.7. The highest BCUT2D eigenvalue weighted by Crippen LogP contribution is 2.27. The van der Waals surface area contributed by atoms with E-state index >= 15 is 0 Å². The van der Waals surface area contributed by atoms with Gasteiger partial charge in [-0.05, 0) is 25.7 Å². The summed E-state index contributed by atoms with van der Waals surface area (Å²) in [4.78, 5) is 26.6. The number of carbonyl (C=O) groups is 2. The van der Waals surface area contributed by atoms with Gasteiger partial charge in [0.05, 0.1) is 25.4 Å². The van der Waals surface area contributed by atoms with Crippen molar-refractivity contribution in [2.75, 3.05) is 13.2 Å². The Kier molecular flexibility index (Phi) is 56.2. The third-order valence-corrected chi connectivity index (χ3v) is 17.2. The van der Waals surface area contributed by atoms with E-state index in [-0.39, 0.29) is 13.0 Å². The number of ether oxygens (including phenoxy) is 3. The second kappa shape index (κ2) is 58.8. The lowest BCUT2D eigenvalue weighted by atomic mass is 9.99. The van der Waals surface area contributed by atoms with E-state index in [0.717, 1.165) is 57.8 Å². The average molecular weight is 1150 g/mol. The van der Waals surface area contributed by atoms with Gasteiger partial charge in [0, 0.05) is 6.42 Å². The number of amides is 1. The maximum atomic E-state index is 13.5. The molecule has 480 valence electrons. The molecule has 1 aliphatic heterocycles. The first-order valence-corrected chi connectivity index (χ1v) is 35.5. The molecule has 0 aliphatic carbocycles. The topological polar surface area (TPSA) is 175 Å². The molecular formula is C70H135NO10. The Morgan fingerprint density at radius 3 is 1.16 bits per heavy atom. The van der Waals surface area contributed by atoms with E-state index < -0.39 is 67.4 Å². The number of aliphatic hydroxyl groups is 5. The van der Waals surface area contributed by atoms with E-state index in [9.17, 15) is 35.1 Å². The van der Waals surface area contributed by atoms with Gasteiger partial charge in [-0.15, -0.1) is 0 Å². The van der Waals surface area contributed by atoms with Crippen molar-refractivity contribution in [3.63, 3.8) is 0 Å². The minimum atomic E-state index is -1.61. The lowest BCUT2D eigenvalue weighted by Crippen LogP contribution is -2.61. The van der Waals surface area contributed by atoms with Crippen LogP contribution in [0.4, 0.5) is 0 Å². The molecule has 1 heterocycles. The molecule has 0 bridgehead atoms. The Hall–Kier alpha value is -1.60. The molecule has 81 heavy (non-hydrogen) atoms. The van der Waals surface area contributed by atoms with Crippen molar-refractivity contribution < 1.29 is 49.3 Å². The second-order valence-corrected chi connectivity index (χ2v) is 25.0. The fraction of sp³-hybridized carbons (Fsp3) is 0.943. The van der Waals surface area contributed by atoms with Gasteiger partial charge >= 0.3 is 5.97 Å². The summed E-state index contributed by atoms with van der Waals surface area (Å²) in [5.74, 6) is -1.17. The molecule has 1 fully saturated rings. The number of allylic oxidation sites excluding steroid dienone is 1. The molecule has 0 aromatic heterocycles. The monoisotopic (exact) mass is 1150 g/mol. The molecule has 0 radical (unpaired) electrons. The number of carbonyl (C=O) groups excluding carboxylic acids is 2. The predicted molar refractivity (Wildman–Crippen MR) is 338 cm³/mol. The third-order valence-electron chi connectivity index (χ3n) is 17.2. The van der Waals surface area contributed by atoms with E-state index in [4.69, 9.17) is 14.2 Å². The van der Waals surface area contributed by atoms with Crippen molar-refractivity contribution in [3.8, 4) is 0 Å². The average Bonchev–Trinajstić information content (AvgIpc) is 3.51. The lowest BCUT2D eigenvalue weighted by Gasteiger charge is -2.41. The van der Waals surface area contributed by atoms with Crippen LogP contribution in [0.3, 0.4) is 0 Å². The summed E-state index contributed by atoms with van der Waals surface area (Å²) in [6, 6.07) is -1.02. The van der Waals surface area contributed by atoms with Gasteiger partial charge in [-0.2, -0.15) is 0 Å². The minimum absolute atomic E-state index is 0.132. The number of hydrogen-bond donors (Lipinski definition) is 6. The largest absolute Gasteiger partial charge is 0.454 e. The van der Waals surface area contributed by atoms with Crippen molar-refractivity contribution in [3.05, 3.63) is 12.2 Å². The van der Waals surface area contributed by atoms with Gasteiger partial charge in [-0.25, -0.2) is 0 Å². The molecule has 0 aromatic rings. The number of esters is 1. The zero-order valence-corrected chi connectivity index (χ0v) is 53.4. The van der Waals surface area contributed by atoms with Crippen molar-refractivity contribution in [1.29, 1.82) is 0 Å². The SMILES string of the molecule is CCCCCCCCCCC/C=C/C(O)C(COC1OC(CO)C(O)C(O)C1OC(=O)CCCCCCCCCCCCCCCCCCC)NC(=O)C(O)CCCCCCCCCCCCCCCCCCCCCCCCCC. The molecule has 1 saturated heterocycles. The molecule has 11 heteroatoms. The lowest BCUT2D eigenvalue weighted by molar-refractivity contribution is -0.305. The second-order valence-electron chi connectivity index (χ2n) is 25.0. The highest BCUT2D eigenvalue weighted by molar-refractivity contribution is 5.80. The number of aliphatic hydroxyl groups excluding tert-OH is 5. The number of rotatable bonds is 62. The van der Waals surface area contributed by atoms with Gasteiger partial charge in [0.25, 0.3) is 0 Å². The van der Waals surface area contributed by atoms with Crippen LogP contribution in [-0.4, -0.2) is 99.6 Å². The van der Waals surface area contributed by atoms with Gasteiger partial charge in [0.15, 0.2) is 12.4 Å². The van der Waals surface area contributed by atoms with Gasteiger partial charge in [-0.3, -0.25) is 9.59 Å². The Labute approximate surface area is 499 Å². The summed E-state index contributed by atoms with van der Waals surface area (Å²) >= 11 is 0. The van der Waals surface area contributed by atoms with Crippen LogP contribution in [0.2, 0.25) is 0 Å². The van der Waals surface area contributed by atoms with E-state index in [0.29, 0.717) is 19.3 Å². The van der Waals surface area contributed by atoms with Gasteiger partial charge in [-0.1, -0.05) is 341 Å². The first-order valence-electron chi connectivity index (χ1n) is 35.5. The zero-order chi connectivity index (χ0) is 58.9. The zero-order valence-electron chi connectivity index (χ0n) is 53.4. The summed E-state index contributed by atoms with van der Waals surface area (Å²) in [5.41, 5.74) is 0. The minimum Gasteiger partial charge on any atom is -0.454 e. The van der Waals surface area contributed by atoms with Gasteiger partial charge < -0.3 is 45.1 Å². The molecule has 0 saturated carbocycles. The van der Waals surface area contributed by atoms with E-state index in [1.165, 1.54) is 257 Å². The maximum absolute atomic E-state index is 13.5. The molecule has 6 N–H and O–H groups in total. The van der Waals surface area contributed by atoms with Crippen LogP contribution < -0.4 is 5.32 Å². The molecule has 0 aromatic carbocycles. The molecule has 1 aliphatic rings. The summed E-state index contributed by atoms with van der Waals surface area (Å²) in [5, 5.41) is 57.2. The smallest absolute Gasteiger partial charge is 0.306 e. The Bertz CT molecular complexity index is 1370. The first kappa shape index (κ1) is 77.4. The van der Waals surface area contributed by atoms with Gasteiger partial charge in [0.1, 0.15) is 24.4 Å². The summed E-state index contributed by atoms with van der Waals surface area (Å²) in [7, 11) is 0. The van der Waals surface area contributed by atoms with E-state index in [1.54, 1.807) is 6.08 Å². The predicted octanol–water partition coefficient (Wildman–Crippen LogP) is 17.9. The summed E-state index contributed by atoms with van der Waals surface area (Å²) < 4.78 is 17.7. The van der Waals surface area contributed by atoms with Crippen LogP contribution in [0, 0.1) is 0 Å². The van der Waals surface area contributed by atoms with Crippen LogP contribution in [0.15, 0.2) is 12.2 Å². The molecular weight excluding hydrogens is 1010 g/mol. The maximum Gasteiger partial charge on any atom is 0.306 e. The van der Waals surface area contributed by atoms with Crippen molar-refractivity contribution in [2.24, 2.45) is 0 Å². The molecule has 8 atom stereocenters. The Morgan fingerprint density at radius 2 is 0.802 bits per heavy atom. The van der Waals surface area contributed by atoms with Crippen LogP contribution >= 0.6 is 0 Å². The normalized spacial score (nSPS) is 18.6. The van der Waals surface area contributed by atoms with E-state index in [2.05, 4.69) is 26.1 Å². The van der Waals surface area contributed by atoms with Crippen LogP contribution in [0.1, 0.15) is 361 Å².